The Morgan fingerprint density at radius 3 is 2.35 bits per heavy atom. The third-order valence-electron chi connectivity index (χ3n) is 3.14. The van der Waals surface area contributed by atoms with Gasteiger partial charge in [0.05, 0.1) is 0 Å². The Labute approximate surface area is 120 Å². The molecular formula is C15H23N3O2. The van der Waals surface area contributed by atoms with Crippen LogP contribution < -0.4 is 11.1 Å². The lowest BCUT2D eigenvalue weighted by Gasteiger charge is -2.17. The van der Waals surface area contributed by atoms with E-state index in [-0.39, 0.29) is 5.91 Å². The van der Waals surface area contributed by atoms with E-state index in [4.69, 9.17) is 5.73 Å². The molecule has 0 atom stereocenters. The van der Waals surface area contributed by atoms with E-state index in [1.165, 1.54) is 5.56 Å². The van der Waals surface area contributed by atoms with Crippen molar-refractivity contribution in [1.29, 1.82) is 0 Å². The summed E-state index contributed by atoms with van der Waals surface area (Å²) in [4.78, 5) is 24.1. The average molecular weight is 277 g/mol. The molecule has 0 fully saturated rings. The molecular weight excluding hydrogens is 254 g/mol. The van der Waals surface area contributed by atoms with Crippen molar-refractivity contribution in [3.05, 3.63) is 35.4 Å². The second-order valence-corrected chi connectivity index (χ2v) is 4.81. The molecule has 3 amide bonds. The number of nitrogens with two attached hydrogens (primary N) is 1. The Morgan fingerprint density at radius 2 is 1.80 bits per heavy atom. The smallest absolute Gasteiger partial charge is 0.312 e. The summed E-state index contributed by atoms with van der Waals surface area (Å²) >= 11 is 0. The molecule has 0 aliphatic rings. The highest BCUT2D eigenvalue weighted by atomic mass is 16.2. The quantitative estimate of drug-likeness (QED) is 0.744. The molecule has 1 aromatic carbocycles. The molecule has 0 unspecified atom stereocenters. The van der Waals surface area contributed by atoms with Crippen LogP contribution in [0.5, 0.6) is 0 Å². The Kier molecular flexibility index (Phi) is 6.56. The number of urea groups is 1. The maximum Gasteiger partial charge on any atom is 0.312 e. The number of amides is 3. The van der Waals surface area contributed by atoms with Crippen molar-refractivity contribution in [3.63, 3.8) is 0 Å². The van der Waals surface area contributed by atoms with Gasteiger partial charge < -0.3 is 16.0 Å². The number of carbonyl (C=O) groups excluding carboxylic acids is 2. The summed E-state index contributed by atoms with van der Waals surface area (Å²) in [6, 6.07) is 7.73. The molecule has 5 nitrogen and oxygen atoms in total. The summed E-state index contributed by atoms with van der Waals surface area (Å²) in [6.45, 7) is 3.15. The first-order valence-corrected chi connectivity index (χ1v) is 6.88. The molecule has 0 radical (unpaired) electrons. The van der Waals surface area contributed by atoms with E-state index in [2.05, 4.69) is 36.5 Å². The number of primary amides is 1. The van der Waals surface area contributed by atoms with Gasteiger partial charge in [-0.3, -0.25) is 4.79 Å². The van der Waals surface area contributed by atoms with Crippen LogP contribution in [0.1, 0.15) is 30.9 Å². The van der Waals surface area contributed by atoms with Crippen molar-refractivity contribution in [2.75, 3.05) is 13.6 Å². The summed E-state index contributed by atoms with van der Waals surface area (Å²) in [6.07, 6.45) is 2.02. The molecule has 20 heavy (non-hydrogen) atoms. The van der Waals surface area contributed by atoms with Crippen LogP contribution >= 0.6 is 0 Å². The van der Waals surface area contributed by atoms with Gasteiger partial charge in [0.25, 0.3) is 0 Å². The van der Waals surface area contributed by atoms with Crippen molar-refractivity contribution >= 4 is 11.9 Å². The van der Waals surface area contributed by atoms with Crippen LogP contribution in [0, 0.1) is 0 Å². The van der Waals surface area contributed by atoms with Gasteiger partial charge in [0.1, 0.15) is 0 Å². The van der Waals surface area contributed by atoms with Crippen LogP contribution in [0.15, 0.2) is 24.3 Å². The maximum absolute atomic E-state index is 11.9. The van der Waals surface area contributed by atoms with Gasteiger partial charge in [-0.15, -0.1) is 0 Å². The third-order valence-corrected chi connectivity index (χ3v) is 3.14. The number of benzene rings is 1. The average Bonchev–Trinajstić information content (AvgIpc) is 2.44. The predicted octanol–water partition coefficient (Wildman–Crippen LogP) is 1.66. The number of aryl methyl sites for hydroxylation is 1. The standard InChI is InChI=1S/C15H23N3O2/c1-3-12-6-8-13(9-7-12)11-18(2)14(19)5-4-10-17-15(16)20/h6-9H,3-5,10-11H2,1-2H3,(H3,16,17,20). The number of nitrogens with one attached hydrogen (secondary N) is 1. The van der Waals surface area contributed by atoms with Gasteiger partial charge in [-0.1, -0.05) is 31.2 Å². The Balaban J connectivity index is 2.34. The van der Waals surface area contributed by atoms with Gasteiger partial charge in [-0.25, -0.2) is 4.79 Å². The van der Waals surface area contributed by atoms with Gasteiger partial charge in [-0.05, 0) is 24.0 Å². The van der Waals surface area contributed by atoms with Gasteiger partial charge >= 0.3 is 6.03 Å². The van der Waals surface area contributed by atoms with E-state index in [1.807, 2.05) is 0 Å². The van der Waals surface area contributed by atoms with Gasteiger partial charge in [0.15, 0.2) is 0 Å². The molecule has 0 heterocycles. The molecule has 5 heteroatoms. The van der Waals surface area contributed by atoms with Crippen LogP contribution in [0.3, 0.4) is 0 Å². The molecule has 0 spiro atoms. The number of carbonyl (C=O) groups is 2. The molecule has 0 aliphatic carbocycles. The van der Waals surface area contributed by atoms with E-state index < -0.39 is 6.03 Å². The number of nitrogens with zero attached hydrogens (tertiary/aromatic N) is 1. The SMILES string of the molecule is CCc1ccc(CN(C)C(=O)CCCNC(N)=O)cc1. The summed E-state index contributed by atoms with van der Waals surface area (Å²) in [7, 11) is 1.79. The zero-order valence-corrected chi connectivity index (χ0v) is 12.2. The molecule has 110 valence electrons. The minimum Gasteiger partial charge on any atom is -0.352 e. The lowest BCUT2D eigenvalue weighted by Crippen LogP contribution is -2.31. The molecule has 0 bridgehead atoms. The molecule has 0 aliphatic heterocycles. The summed E-state index contributed by atoms with van der Waals surface area (Å²) in [5.74, 6) is 0.0656. The lowest BCUT2D eigenvalue weighted by molar-refractivity contribution is -0.130. The first-order valence-electron chi connectivity index (χ1n) is 6.88. The maximum atomic E-state index is 11.9. The zero-order valence-electron chi connectivity index (χ0n) is 12.2. The Bertz CT molecular complexity index is 443. The summed E-state index contributed by atoms with van der Waals surface area (Å²) < 4.78 is 0. The fourth-order valence-electron chi connectivity index (χ4n) is 1.88. The van der Waals surface area contributed by atoms with Gasteiger partial charge in [0, 0.05) is 26.6 Å². The van der Waals surface area contributed by atoms with Crippen LogP contribution in [0.2, 0.25) is 0 Å². The molecule has 1 rings (SSSR count). The van der Waals surface area contributed by atoms with Crippen molar-refractivity contribution < 1.29 is 9.59 Å². The highest BCUT2D eigenvalue weighted by Crippen LogP contribution is 2.08. The molecule has 0 saturated heterocycles. The van der Waals surface area contributed by atoms with E-state index in [0.717, 1.165) is 12.0 Å². The van der Waals surface area contributed by atoms with Crippen LogP contribution in [-0.2, 0) is 17.8 Å². The van der Waals surface area contributed by atoms with Crippen molar-refractivity contribution in [3.8, 4) is 0 Å². The summed E-state index contributed by atoms with van der Waals surface area (Å²) in [5, 5.41) is 2.47. The second-order valence-electron chi connectivity index (χ2n) is 4.81. The molecule has 3 N–H and O–H groups in total. The largest absolute Gasteiger partial charge is 0.352 e. The molecule has 0 aromatic heterocycles. The lowest BCUT2D eigenvalue weighted by atomic mass is 10.1. The highest BCUT2D eigenvalue weighted by molar-refractivity contribution is 5.76. The topological polar surface area (TPSA) is 75.4 Å². The Hall–Kier alpha value is -2.04. The van der Waals surface area contributed by atoms with E-state index in [9.17, 15) is 9.59 Å². The van der Waals surface area contributed by atoms with Crippen LogP contribution in [-0.4, -0.2) is 30.4 Å². The summed E-state index contributed by atoms with van der Waals surface area (Å²) in [5.41, 5.74) is 7.36. The minimum absolute atomic E-state index is 0.0656. The van der Waals surface area contributed by atoms with E-state index in [0.29, 0.717) is 25.9 Å². The predicted molar refractivity (Wildman–Crippen MR) is 79.1 cm³/mol. The van der Waals surface area contributed by atoms with Gasteiger partial charge in [-0.2, -0.15) is 0 Å². The van der Waals surface area contributed by atoms with Crippen LogP contribution in [0.4, 0.5) is 4.79 Å². The van der Waals surface area contributed by atoms with Crippen molar-refractivity contribution in [1.82, 2.24) is 10.2 Å². The first-order chi connectivity index (χ1) is 9.52. The first kappa shape index (κ1) is 16.0. The normalized spacial score (nSPS) is 10.1. The Morgan fingerprint density at radius 1 is 1.20 bits per heavy atom. The minimum atomic E-state index is -0.554. The fourth-order valence-corrected chi connectivity index (χ4v) is 1.88. The third kappa shape index (κ3) is 5.73. The van der Waals surface area contributed by atoms with Crippen molar-refractivity contribution in [2.45, 2.75) is 32.7 Å². The van der Waals surface area contributed by atoms with Gasteiger partial charge in [0.2, 0.25) is 5.91 Å². The highest BCUT2D eigenvalue weighted by Gasteiger charge is 2.09. The van der Waals surface area contributed by atoms with Crippen LogP contribution in [0.25, 0.3) is 0 Å². The number of hydrogen-bond acceptors (Lipinski definition) is 2. The monoisotopic (exact) mass is 277 g/mol. The molecule has 0 saturated carbocycles. The zero-order chi connectivity index (χ0) is 15.0. The second kappa shape index (κ2) is 8.19. The number of rotatable bonds is 7. The van der Waals surface area contributed by atoms with E-state index >= 15 is 0 Å². The van der Waals surface area contributed by atoms with Crippen molar-refractivity contribution in [2.24, 2.45) is 5.73 Å². The van der Waals surface area contributed by atoms with E-state index in [1.54, 1.807) is 11.9 Å². The fraction of sp³-hybridized carbons (Fsp3) is 0.467. The molecule has 1 aromatic rings. The number of hydrogen-bond donors (Lipinski definition) is 2.